The van der Waals surface area contributed by atoms with Crippen LogP contribution in [0.1, 0.15) is 11.7 Å². The molecule has 1 N–H and O–H groups in total. The van der Waals surface area contributed by atoms with Crippen LogP contribution in [-0.4, -0.2) is 17.3 Å². The van der Waals surface area contributed by atoms with Gasteiger partial charge in [0.2, 0.25) is 0 Å². The number of hydrogen-bond donors (Lipinski definition) is 1. The number of halogens is 4. The second kappa shape index (κ2) is 4.72. The Morgan fingerprint density at radius 3 is 2.60 bits per heavy atom. The molecule has 0 aliphatic heterocycles. The fourth-order valence-electron chi connectivity index (χ4n) is 1.01. The molecule has 2 nitrogen and oxygen atoms in total. The van der Waals surface area contributed by atoms with E-state index in [1.807, 2.05) is 0 Å². The summed E-state index contributed by atoms with van der Waals surface area (Å²) < 4.78 is 39.2. The molecule has 1 aromatic rings. The van der Waals surface area contributed by atoms with E-state index in [-0.39, 0.29) is 17.2 Å². The number of hydrogen-bond acceptors (Lipinski definition) is 2. The molecule has 1 aromatic carbocycles. The zero-order valence-corrected chi connectivity index (χ0v) is 8.22. The van der Waals surface area contributed by atoms with Crippen LogP contribution in [0, 0.1) is 0 Å². The monoisotopic (exact) mass is 240 g/mol. The van der Waals surface area contributed by atoms with Crippen molar-refractivity contribution in [2.75, 3.05) is 5.88 Å². The van der Waals surface area contributed by atoms with E-state index < -0.39 is 12.5 Å². The van der Waals surface area contributed by atoms with Crippen molar-refractivity contribution in [1.29, 1.82) is 0 Å². The summed E-state index contributed by atoms with van der Waals surface area (Å²) in [7, 11) is 0. The smallest absolute Gasteiger partial charge is 0.406 e. The van der Waals surface area contributed by atoms with E-state index >= 15 is 0 Å². The summed E-state index contributed by atoms with van der Waals surface area (Å²) in [5, 5.41) is 9.28. The van der Waals surface area contributed by atoms with Gasteiger partial charge >= 0.3 is 6.36 Å². The molecule has 0 saturated heterocycles. The third-order valence-electron chi connectivity index (χ3n) is 1.62. The minimum Gasteiger partial charge on any atom is -0.406 e. The third-order valence-corrected chi connectivity index (χ3v) is 1.91. The Bertz CT molecular complexity index is 327. The minimum atomic E-state index is -4.73. The summed E-state index contributed by atoms with van der Waals surface area (Å²) in [6, 6.07) is 5.07. The first-order valence-electron chi connectivity index (χ1n) is 4.02. The van der Waals surface area contributed by atoms with Crippen molar-refractivity contribution >= 4 is 11.6 Å². The highest BCUT2D eigenvalue weighted by Gasteiger charge is 2.31. The maximum absolute atomic E-state index is 11.8. The average molecular weight is 241 g/mol. The summed E-state index contributed by atoms with van der Waals surface area (Å²) >= 11 is 5.36. The molecule has 6 heteroatoms. The fraction of sp³-hybridized carbons (Fsp3) is 0.333. The third kappa shape index (κ3) is 3.97. The molecule has 0 aliphatic rings. The molecule has 1 unspecified atom stereocenters. The van der Waals surface area contributed by atoms with Gasteiger partial charge in [-0.25, -0.2) is 0 Å². The molecule has 0 radical (unpaired) electrons. The van der Waals surface area contributed by atoms with Gasteiger partial charge in [0.1, 0.15) is 5.75 Å². The minimum absolute atomic E-state index is 0.0878. The number of rotatable bonds is 3. The summed E-state index contributed by atoms with van der Waals surface area (Å²) in [6.07, 6.45) is -5.73. The molecule has 0 saturated carbocycles. The van der Waals surface area contributed by atoms with Crippen LogP contribution in [0.3, 0.4) is 0 Å². The summed E-state index contributed by atoms with van der Waals surface area (Å²) in [5.74, 6) is -0.459. The lowest BCUT2D eigenvalue weighted by Gasteiger charge is -2.11. The quantitative estimate of drug-likeness (QED) is 0.824. The maximum atomic E-state index is 11.8. The Labute approximate surface area is 89.2 Å². The summed E-state index contributed by atoms with van der Waals surface area (Å²) in [5.41, 5.74) is 0.284. The van der Waals surface area contributed by atoms with E-state index in [1.54, 1.807) is 0 Å². The van der Waals surface area contributed by atoms with Gasteiger partial charge in [0, 0.05) is 0 Å². The van der Waals surface area contributed by atoms with Crippen molar-refractivity contribution in [3.8, 4) is 5.75 Å². The first-order chi connectivity index (χ1) is 6.92. The molecule has 0 spiro atoms. The van der Waals surface area contributed by atoms with Crippen molar-refractivity contribution < 1.29 is 23.0 Å². The molecule has 84 valence electrons. The highest BCUT2D eigenvalue weighted by atomic mass is 35.5. The normalized spacial score (nSPS) is 13.7. The van der Waals surface area contributed by atoms with Crippen LogP contribution in [0.4, 0.5) is 13.2 Å². The van der Waals surface area contributed by atoms with Gasteiger partial charge in [-0.15, -0.1) is 24.8 Å². The van der Waals surface area contributed by atoms with Crippen LogP contribution < -0.4 is 4.74 Å². The zero-order chi connectivity index (χ0) is 11.5. The van der Waals surface area contributed by atoms with Crippen LogP contribution in [-0.2, 0) is 0 Å². The molecule has 0 bridgehead atoms. The van der Waals surface area contributed by atoms with Gasteiger partial charge in [-0.2, -0.15) is 0 Å². The number of benzene rings is 1. The van der Waals surface area contributed by atoms with Gasteiger partial charge in [0.25, 0.3) is 0 Å². The van der Waals surface area contributed by atoms with Gasteiger partial charge in [-0.3, -0.25) is 0 Å². The summed E-state index contributed by atoms with van der Waals surface area (Å²) in [4.78, 5) is 0. The molecule has 15 heavy (non-hydrogen) atoms. The van der Waals surface area contributed by atoms with Crippen LogP contribution in [0.5, 0.6) is 5.75 Å². The van der Waals surface area contributed by atoms with Gasteiger partial charge in [-0.05, 0) is 17.7 Å². The van der Waals surface area contributed by atoms with E-state index in [2.05, 4.69) is 4.74 Å². The zero-order valence-electron chi connectivity index (χ0n) is 7.46. The van der Waals surface area contributed by atoms with E-state index in [9.17, 15) is 18.3 Å². The molecule has 1 atom stereocenters. The van der Waals surface area contributed by atoms with Gasteiger partial charge in [0.05, 0.1) is 12.0 Å². The van der Waals surface area contributed by atoms with Crippen LogP contribution in [0.2, 0.25) is 0 Å². The van der Waals surface area contributed by atoms with E-state index in [1.165, 1.54) is 12.1 Å². The van der Waals surface area contributed by atoms with Gasteiger partial charge in [0.15, 0.2) is 0 Å². The maximum Gasteiger partial charge on any atom is 0.573 e. The molecule has 0 aliphatic carbocycles. The fourth-order valence-corrected chi connectivity index (χ4v) is 1.19. The predicted octanol–water partition coefficient (Wildman–Crippen LogP) is 2.86. The second-order valence-electron chi connectivity index (χ2n) is 2.79. The molecule has 0 amide bonds. The Hall–Kier alpha value is -0.940. The first-order valence-corrected chi connectivity index (χ1v) is 4.55. The highest BCUT2D eigenvalue weighted by Crippen LogP contribution is 2.25. The second-order valence-corrected chi connectivity index (χ2v) is 3.10. The lowest BCUT2D eigenvalue weighted by molar-refractivity contribution is -0.274. The number of alkyl halides is 4. The lowest BCUT2D eigenvalue weighted by atomic mass is 10.1. The van der Waals surface area contributed by atoms with Crippen molar-refractivity contribution in [1.82, 2.24) is 0 Å². The first kappa shape index (κ1) is 12.1. The van der Waals surface area contributed by atoms with E-state index in [0.29, 0.717) is 0 Å². The predicted molar refractivity (Wildman–Crippen MR) is 48.8 cm³/mol. The van der Waals surface area contributed by atoms with E-state index in [0.717, 1.165) is 12.1 Å². The van der Waals surface area contributed by atoms with Crippen molar-refractivity contribution in [2.24, 2.45) is 0 Å². The molecular weight excluding hydrogens is 233 g/mol. The summed E-state index contributed by atoms with van der Waals surface area (Å²) in [6.45, 7) is 0. The topological polar surface area (TPSA) is 29.5 Å². The van der Waals surface area contributed by atoms with Crippen LogP contribution >= 0.6 is 11.6 Å². The highest BCUT2D eigenvalue weighted by molar-refractivity contribution is 6.18. The molecule has 0 fully saturated rings. The number of aliphatic hydroxyl groups excluding tert-OH is 1. The van der Waals surface area contributed by atoms with Crippen LogP contribution in [0.15, 0.2) is 24.3 Å². The standard InChI is InChI=1S/C9H8ClF3O2/c10-5-8(14)6-2-1-3-7(4-6)15-9(11,12)13/h1-4,8,14H,5H2. The van der Waals surface area contributed by atoms with Crippen LogP contribution in [0.25, 0.3) is 0 Å². The molecule has 0 aromatic heterocycles. The Morgan fingerprint density at radius 1 is 1.40 bits per heavy atom. The number of aliphatic hydroxyl groups is 1. The largest absolute Gasteiger partial charge is 0.573 e. The van der Waals surface area contributed by atoms with Crippen molar-refractivity contribution in [2.45, 2.75) is 12.5 Å². The molecular formula is C9H8ClF3O2. The molecule has 0 heterocycles. The Kier molecular flexibility index (Phi) is 3.82. The SMILES string of the molecule is OC(CCl)c1cccc(OC(F)(F)F)c1. The Balaban J connectivity index is 2.83. The van der Waals surface area contributed by atoms with E-state index in [4.69, 9.17) is 11.6 Å². The van der Waals surface area contributed by atoms with Crippen molar-refractivity contribution in [3.63, 3.8) is 0 Å². The Morgan fingerprint density at radius 2 is 2.07 bits per heavy atom. The number of ether oxygens (including phenoxy) is 1. The lowest BCUT2D eigenvalue weighted by Crippen LogP contribution is -2.17. The van der Waals surface area contributed by atoms with Gasteiger partial charge < -0.3 is 9.84 Å². The average Bonchev–Trinajstić information content (AvgIpc) is 2.14. The van der Waals surface area contributed by atoms with Gasteiger partial charge in [-0.1, -0.05) is 12.1 Å². The van der Waals surface area contributed by atoms with Crippen molar-refractivity contribution in [3.05, 3.63) is 29.8 Å². The molecule has 1 rings (SSSR count).